The zero-order valence-corrected chi connectivity index (χ0v) is 19.1. The molecule has 0 aliphatic carbocycles. The Labute approximate surface area is 203 Å². The van der Waals surface area contributed by atoms with Crippen LogP contribution in [0.15, 0.2) is 41.2 Å². The summed E-state index contributed by atoms with van der Waals surface area (Å²) in [6.45, 7) is 0.749. The Morgan fingerprint density at radius 3 is 2.72 bits per heavy atom. The molecule has 9 nitrogen and oxygen atoms in total. The summed E-state index contributed by atoms with van der Waals surface area (Å²) >= 11 is 0. The Balaban J connectivity index is 1.40. The number of H-pyrrole nitrogens is 1. The Morgan fingerprint density at radius 1 is 1.11 bits per heavy atom. The molecule has 186 valence electrons. The van der Waals surface area contributed by atoms with E-state index in [0.717, 1.165) is 11.1 Å². The Bertz CT molecular complexity index is 1410. The number of para-hydroxylation sites is 1. The van der Waals surface area contributed by atoms with Gasteiger partial charge in [0, 0.05) is 43.3 Å². The van der Waals surface area contributed by atoms with E-state index in [4.69, 9.17) is 4.42 Å². The summed E-state index contributed by atoms with van der Waals surface area (Å²) in [7, 11) is 0. The molecule has 12 heteroatoms. The van der Waals surface area contributed by atoms with Gasteiger partial charge in [-0.15, -0.1) is 0 Å². The number of aromatic amines is 1. The number of carbonyl (C=O) groups is 1. The van der Waals surface area contributed by atoms with Crippen molar-refractivity contribution in [3.8, 4) is 0 Å². The van der Waals surface area contributed by atoms with Crippen LogP contribution in [0.4, 0.5) is 19.2 Å². The average molecular weight is 497 g/mol. The van der Waals surface area contributed by atoms with Crippen LogP contribution in [0.1, 0.15) is 58.8 Å². The summed E-state index contributed by atoms with van der Waals surface area (Å²) in [6, 6.07) is 6.52. The number of nitrogens with zero attached hydrogens (tertiary/aromatic N) is 6. The van der Waals surface area contributed by atoms with E-state index in [-0.39, 0.29) is 38.5 Å². The highest BCUT2D eigenvalue weighted by Crippen LogP contribution is 2.36. The van der Waals surface area contributed by atoms with Gasteiger partial charge in [0.2, 0.25) is 5.76 Å². The number of nitrogens with one attached hydrogen (secondary N) is 1. The van der Waals surface area contributed by atoms with Crippen LogP contribution in [0.3, 0.4) is 0 Å². The molecule has 4 aromatic rings. The standard InChI is InChI=1S/C24H22F3N7O2/c25-14-5-8-33(9-6-14)24-32-18(21(26)27)20(36-24)23(35)34-10-7-16-17(30-12-29-16)19(34)22-28-11-13-3-1-2-4-15(13)31-22/h1-4,11-12,14,19,21H,5-10H2,(H,29,30)/t19-/m0/s1. The molecule has 5 heterocycles. The summed E-state index contributed by atoms with van der Waals surface area (Å²) < 4.78 is 47.2. The second kappa shape index (κ2) is 8.92. The fraction of sp³-hybridized carbons (Fsp3) is 0.375. The largest absolute Gasteiger partial charge is 0.418 e. The molecule has 36 heavy (non-hydrogen) atoms. The third-order valence-electron chi connectivity index (χ3n) is 6.68. The predicted octanol–water partition coefficient (Wildman–Crippen LogP) is 4.00. The van der Waals surface area contributed by atoms with Gasteiger partial charge in [-0.05, 0) is 18.9 Å². The zero-order valence-electron chi connectivity index (χ0n) is 19.1. The lowest BCUT2D eigenvalue weighted by molar-refractivity contribution is 0.0636. The number of oxazole rings is 1. The van der Waals surface area contributed by atoms with Crippen molar-refractivity contribution in [2.24, 2.45) is 0 Å². The second-order valence-corrected chi connectivity index (χ2v) is 8.88. The van der Waals surface area contributed by atoms with Crippen molar-refractivity contribution < 1.29 is 22.4 Å². The number of hydrogen-bond acceptors (Lipinski definition) is 7. The minimum atomic E-state index is -3.03. The van der Waals surface area contributed by atoms with E-state index < -0.39 is 36.0 Å². The van der Waals surface area contributed by atoms with Crippen molar-refractivity contribution in [1.82, 2.24) is 29.8 Å². The van der Waals surface area contributed by atoms with E-state index in [0.29, 0.717) is 23.5 Å². The van der Waals surface area contributed by atoms with E-state index >= 15 is 0 Å². The molecule has 0 unspecified atom stereocenters. The van der Waals surface area contributed by atoms with E-state index in [1.807, 2.05) is 24.3 Å². The molecule has 1 atom stereocenters. The molecule has 0 saturated carbocycles. The van der Waals surface area contributed by atoms with Gasteiger partial charge in [0.15, 0.2) is 11.5 Å². The highest BCUT2D eigenvalue weighted by molar-refractivity contribution is 5.93. The number of imidazole rings is 1. The molecule has 1 amide bonds. The number of piperidine rings is 1. The minimum Gasteiger partial charge on any atom is -0.418 e. The smallest absolute Gasteiger partial charge is 0.298 e. The highest BCUT2D eigenvalue weighted by Gasteiger charge is 2.40. The molecule has 1 fully saturated rings. The maximum absolute atomic E-state index is 14.0. The van der Waals surface area contributed by atoms with Crippen LogP contribution in [0.2, 0.25) is 0 Å². The van der Waals surface area contributed by atoms with Gasteiger partial charge < -0.3 is 19.2 Å². The predicted molar refractivity (Wildman–Crippen MR) is 123 cm³/mol. The third-order valence-corrected chi connectivity index (χ3v) is 6.68. The van der Waals surface area contributed by atoms with Crippen LogP contribution in [0, 0.1) is 0 Å². The van der Waals surface area contributed by atoms with Gasteiger partial charge in [-0.2, -0.15) is 4.98 Å². The molecule has 0 bridgehead atoms. The van der Waals surface area contributed by atoms with Gasteiger partial charge in [0.05, 0.1) is 17.5 Å². The van der Waals surface area contributed by atoms with Gasteiger partial charge in [-0.3, -0.25) is 4.79 Å². The lowest BCUT2D eigenvalue weighted by Crippen LogP contribution is -2.41. The SMILES string of the molecule is O=C(c1oc(N2CCC(F)CC2)nc1C(F)F)N1CCc2[nH]cnc2[C@H]1c1ncc2ccccc2n1. The lowest BCUT2D eigenvalue weighted by atomic mass is 10.0. The first kappa shape index (κ1) is 22.5. The average Bonchev–Trinajstić information content (AvgIpc) is 3.56. The van der Waals surface area contributed by atoms with Crippen LogP contribution in [-0.4, -0.2) is 61.5 Å². The van der Waals surface area contributed by atoms with Crippen LogP contribution in [-0.2, 0) is 6.42 Å². The van der Waals surface area contributed by atoms with Crippen molar-refractivity contribution in [1.29, 1.82) is 0 Å². The lowest BCUT2D eigenvalue weighted by Gasteiger charge is -2.33. The quantitative estimate of drug-likeness (QED) is 0.454. The van der Waals surface area contributed by atoms with Crippen molar-refractivity contribution in [3.63, 3.8) is 0 Å². The Morgan fingerprint density at radius 2 is 1.92 bits per heavy atom. The monoisotopic (exact) mass is 497 g/mol. The molecule has 2 aliphatic rings. The number of halogens is 3. The number of anilines is 1. The molecule has 0 radical (unpaired) electrons. The fourth-order valence-corrected chi connectivity index (χ4v) is 4.80. The first-order valence-electron chi connectivity index (χ1n) is 11.7. The number of benzene rings is 1. The van der Waals surface area contributed by atoms with E-state index in [1.165, 1.54) is 11.2 Å². The summed E-state index contributed by atoms with van der Waals surface area (Å²) in [6.07, 6.45) is 0.133. The van der Waals surface area contributed by atoms with Crippen molar-refractivity contribution in [3.05, 3.63) is 65.5 Å². The Hall–Kier alpha value is -3.96. The summed E-state index contributed by atoms with van der Waals surface area (Å²) in [5, 5.41) is 0.828. The number of hydrogen-bond donors (Lipinski definition) is 1. The van der Waals surface area contributed by atoms with E-state index in [9.17, 15) is 18.0 Å². The number of alkyl halides is 3. The number of aromatic nitrogens is 5. The van der Waals surface area contributed by atoms with Gasteiger partial charge in [0.25, 0.3) is 18.3 Å². The zero-order chi connectivity index (χ0) is 24.8. The molecular weight excluding hydrogens is 475 g/mol. The highest BCUT2D eigenvalue weighted by atomic mass is 19.3. The summed E-state index contributed by atoms with van der Waals surface area (Å²) in [5.74, 6) is -0.967. The molecule has 6 rings (SSSR count). The van der Waals surface area contributed by atoms with Gasteiger partial charge in [0.1, 0.15) is 12.2 Å². The van der Waals surface area contributed by atoms with Gasteiger partial charge >= 0.3 is 0 Å². The molecule has 1 saturated heterocycles. The maximum Gasteiger partial charge on any atom is 0.298 e. The van der Waals surface area contributed by atoms with Crippen molar-refractivity contribution in [2.75, 3.05) is 24.5 Å². The van der Waals surface area contributed by atoms with Crippen LogP contribution in [0.25, 0.3) is 10.9 Å². The van der Waals surface area contributed by atoms with Crippen LogP contribution < -0.4 is 4.90 Å². The third kappa shape index (κ3) is 3.86. The van der Waals surface area contributed by atoms with Crippen LogP contribution in [0.5, 0.6) is 0 Å². The number of carbonyl (C=O) groups excluding carboxylic acids is 1. The molecule has 0 spiro atoms. The van der Waals surface area contributed by atoms with E-state index in [2.05, 4.69) is 24.9 Å². The number of fused-ring (bicyclic) bond motifs is 2. The molecule has 2 aliphatic heterocycles. The molecule has 1 N–H and O–H groups in total. The first-order chi connectivity index (χ1) is 17.5. The molecular formula is C24H22F3N7O2. The number of rotatable bonds is 4. The summed E-state index contributed by atoms with van der Waals surface area (Å²) in [5.41, 5.74) is 1.32. The van der Waals surface area contributed by atoms with Gasteiger partial charge in [-0.1, -0.05) is 18.2 Å². The van der Waals surface area contributed by atoms with Crippen LogP contribution >= 0.6 is 0 Å². The second-order valence-electron chi connectivity index (χ2n) is 8.88. The summed E-state index contributed by atoms with van der Waals surface area (Å²) in [4.78, 5) is 37.3. The normalized spacial score (nSPS) is 18.7. The Kier molecular flexibility index (Phi) is 5.57. The minimum absolute atomic E-state index is 0.100. The molecule has 1 aromatic carbocycles. The fourth-order valence-electron chi connectivity index (χ4n) is 4.80. The molecule has 3 aromatic heterocycles. The maximum atomic E-state index is 14.0. The first-order valence-corrected chi connectivity index (χ1v) is 11.7. The van der Waals surface area contributed by atoms with Crippen molar-refractivity contribution in [2.45, 2.75) is 37.9 Å². The van der Waals surface area contributed by atoms with Gasteiger partial charge in [-0.25, -0.2) is 28.1 Å². The van der Waals surface area contributed by atoms with Crippen molar-refractivity contribution >= 4 is 22.8 Å². The topological polar surface area (TPSA) is 104 Å². The van der Waals surface area contributed by atoms with E-state index in [1.54, 1.807) is 11.1 Å². The number of amides is 1.